The van der Waals surface area contributed by atoms with Crippen LogP contribution in [0.1, 0.15) is 49.7 Å². The Bertz CT molecular complexity index is 654. The number of carbonyl (C=O) groups is 2. The molecule has 5 nitrogen and oxygen atoms in total. The molecule has 0 bridgehead atoms. The minimum Gasteiger partial charge on any atom is -0.343 e. The molecular formula is C20H27N3O2. The number of rotatable bonds is 3. The van der Waals surface area contributed by atoms with Gasteiger partial charge in [0.15, 0.2) is 0 Å². The van der Waals surface area contributed by atoms with Crippen LogP contribution in [0, 0.1) is 0 Å². The summed E-state index contributed by atoms with van der Waals surface area (Å²) in [5.74, 6) is 0.0785. The average molecular weight is 341 g/mol. The summed E-state index contributed by atoms with van der Waals surface area (Å²) in [5.41, 5.74) is 2.48. The Kier molecular flexibility index (Phi) is 4.75. The number of hydrogen-bond acceptors (Lipinski definition) is 3. The van der Waals surface area contributed by atoms with E-state index in [0.29, 0.717) is 19.0 Å². The Labute approximate surface area is 149 Å². The Morgan fingerprint density at radius 3 is 2.64 bits per heavy atom. The molecule has 5 heteroatoms. The number of nitrogens with zero attached hydrogens (tertiary/aromatic N) is 1. The van der Waals surface area contributed by atoms with E-state index in [1.165, 1.54) is 30.4 Å². The minimum absolute atomic E-state index is 0.0432. The van der Waals surface area contributed by atoms with Gasteiger partial charge in [-0.2, -0.15) is 0 Å². The van der Waals surface area contributed by atoms with E-state index in [2.05, 4.69) is 22.8 Å². The third kappa shape index (κ3) is 3.43. The van der Waals surface area contributed by atoms with E-state index in [4.69, 9.17) is 0 Å². The first kappa shape index (κ1) is 16.6. The molecule has 2 fully saturated rings. The lowest BCUT2D eigenvalue weighted by Gasteiger charge is -2.31. The molecule has 2 heterocycles. The van der Waals surface area contributed by atoms with Crippen molar-refractivity contribution in [3.05, 3.63) is 35.4 Å². The van der Waals surface area contributed by atoms with Crippen LogP contribution >= 0.6 is 0 Å². The van der Waals surface area contributed by atoms with Crippen LogP contribution in [0.3, 0.4) is 0 Å². The summed E-state index contributed by atoms with van der Waals surface area (Å²) < 4.78 is 0. The third-order valence-electron chi connectivity index (χ3n) is 5.97. The minimum atomic E-state index is -0.339. The van der Waals surface area contributed by atoms with Crippen LogP contribution < -0.4 is 10.6 Å². The van der Waals surface area contributed by atoms with Crippen molar-refractivity contribution in [1.82, 2.24) is 15.5 Å². The number of benzene rings is 1. The van der Waals surface area contributed by atoms with E-state index in [0.717, 1.165) is 25.8 Å². The lowest BCUT2D eigenvalue weighted by molar-refractivity contribution is -0.135. The van der Waals surface area contributed by atoms with Crippen molar-refractivity contribution in [3.63, 3.8) is 0 Å². The molecule has 0 spiro atoms. The maximum atomic E-state index is 12.7. The molecule has 2 atom stereocenters. The molecule has 0 radical (unpaired) electrons. The second-order valence-corrected chi connectivity index (χ2v) is 7.58. The summed E-state index contributed by atoms with van der Waals surface area (Å²) in [6.45, 7) is 1.50. The molecule has 0 aromatic heterocycles. The van der Waals surface area contributed by atoms with E-state index < -0.39 is 0 Å². The van der Waals surface area contributed by atoms with Gasteiger partial charge in [-0.05, 0) is 36.8 Å². The molecule has 1 saturated heterocycles. The molecule has 3 aliphatic rings. The maximum absolute atomic E-state index is 12.7. The summed E-state index contributed by atoms with van der Waals surface area (Å²) in [6.07, 6.45) is 7.39. The van der Waals surface area contributed by atoms with Gasteiger partial charge in [-0.3, -0.25) is 9.59 Å². The van der Waals surface area contributed by atoms with Crippen molar-refractivity contribution in [2.24, 2.45) is 0 Å². The van der Waals surface area contributed by atoms with Crippen LogP contribution in [0.25, 0.3) is 0 Å². The fourth-order valence-electron chi connectivity index (χ4n) is 4.50. The summed E-state index contributed by atoms with van der Waals surface area (Å²) in [7, 11) is 0. The van der Waals surface area contributed by atoms with Crippen molar-refractivity contribution in [2.45, 2.75) is 69.6 Å². The zero-order valence-corrected chi connectivity index (χ0v) is 14.7. The van der Waals surface area contributed by atoms with Crippen molar-refractivity contribution in [3.8, 4) is 0 Å². The summed E-state index contributed by atoms with van der Waals surface area (Å²) in [4.78, 5) is 27.4. The predicted molar refractivity (Wildman–Crippen MR) is 95.9 cm³/mol. The van der Waals surface area contributed by atoms with E-state index in [9.17, 15) is 9.59 Å². The van der Waals surface area contributed by atoms with Gasteiger partial charge in [-0.25, -0.2) is 0 Å². The molecule has 2 N–H and O–H groups in total. The predicted octanol–water partition coefficient (Wildman–Crippen LogP) is 1.75. The fraction of sp³-hybridized carbons (Fsp3) is 0.600. The van der Waals surface area contributed by atoms with Crippen molar-refractivity contribution in [1.29, 1.82) is 0 Å². The maximum Gasteiger partial charge on any atom is 0.245 e. The van der Waals surface area contributed by atoms with Crippen molar-refractivity contribution >= 4 is 11.8 Å². The van der Waals surface area contributed by atoms with Crippen LogP contribution in [0.5, 0.6) is 0 Å². The third-order valence-corrected chi connectivity index (χ3v) is 5.97. The lowest BCUT2D eigenvalue weighted by atomic mass is 9.94. The van der Waals surface area contributed by atoms with Gasteiger partial charge in [0.1, 0.15) is 6.04 Å². The van der Waals surface area contributed by atoms with Gasteiger partial charge in [-0.1, -0.05) is 43.5 Å². The molecule has 1 aromatic rings. The van der Waals surface area contributed by atoms with Gasteiger partial charge < -0.3 is 15.5 Å². The summed E-state index contributed by atoms with van der Waals surface area (Å²) in [5, 5.41) is 6.31. The van der Waals surface area contributed by atoms with Crippen LogP contribution in [-0.4, -0.2) is 41.4 Å². The lowest BCUT2D eigenvalue weighted by Crippen LogP contribution is -2.52. The molecule has 4 rings (SSSR count). The fourth-order valence-corrected chi connectivity index (χ4v) is 4.50. The molecule has 1 saturated carbocycles. The number of hydrogen-bond donors (Lipinski definition) is 2. The molecule has 134 valence electrons. The van der Waals surface area contributed by atoms with Gasteiger partial charge in [0, 0.05) is 19.1 Å². The van der Waals surface area contributed by atoms with Crippen LogP contribution in [-0.2, 0) is 22.6 Å². The topological polar surface area (TPSA) is 61.4 Å². The highest BCUT2D eigenvalue weighted by Crippen LogP contribution is 2.26. The number of nitrogens with one attached hydrogen (secondary N) is 2. The van der Waals surface area contributed by atoms with E-state index in [-0.39, 0.29) is 23.9 Å². The highest BCUT2D eigenvalue weighted by atomic mass is 16.2. The second kappa shape index (κ2) is 7.16. The molecule has 2 aliphatic heterocycles. The van der Waals surface area contributed by atoms with Gasteiger partial charge in [0.25, 0.3) is 0 Å². The Morgan fingerprint density at radius 2 is 1.84 bits per heavy atom. The van der Waals surface area contributed by atoms with Crippen LogP contribution in [0.15, 0.2) is 24.3 Å². The quantitative estimate of drug-likeness (QED) is 0.880. The number of fused-ring (bicyclic) bond motifs is 1. The highest BCUT2D eigenvalue weighted by Gasteiger charge is 2.38. The standard InChI is InChI=1S/C20H27N3O2/c24-19(18-12-14-6-4-5-7-15(14)13-21-18)22-17-10-11-23(20(17)25)16-8-2-1-3-9-16/h4-7,16-18,21H,1-3,8-13H2,(H,22,24). The first-order valence-electron chi connectivity index (χ1n) is 9.63. The van der Waals surface area contributed by atoms with E-state index in [1.807, 2.05) is 17.0 Å². The first-order chi connectivity index (χ1) is 12.2. The largest absolute Gasteiger partial charge is 0.343 e. The summed E-state index contributed by atoms with van der Waals surface area (Å²) >= 11 is 0. The van der Waals surface area contributed by atoms with Gasteiger partial charge in [0.05, 0.1) is 6.04 Å². The zero-order valence-electron chi connectivity index (χ0n) is 14.7. The molecule has 25 heavy (non-hydrogen) atoms. The van der Waals surface area contributed by atoms with E-state index >= 15 is 0 Å². The molecule has 1 aliphatic carbocycles. The number of carbonyl (C=O) groups excluding carboxylic acids is 2. The Morgan fingerprint density at radius 1 is 1.08 bits per heavy atom. The molecular weight excluding hydrogens is 314 g/mol. The molecule has 2 amide bonds. The van der Waals surface area contributed by atoms with E-state index in [1.54, 1.807) is 0 Å². The number of likely N-dealkylation sites (tertiary alicyclic amines) is 1. The zero-order chi connectivity index (χ0) is 17.2. The first-order valence-corrected chi connectivity index (χ1v) is 9.63. The van der Waals surface area contributed by atoms with Gasteiger partial charge in [0.2, 0.25) is 11.8 Å². The highest BCUT2D eigenvalue weighted by molar-refractivity contribution is 5.91. The SMILES string of the molecule is O=C(NC1CCN(C2CCCCC2)C1=O)C1Cc2ccccc2CN1. The average Bonchev–Trinajstić information content (AvgIpc) is 3.02. The molecule has 1 aromatic carbocycles. The van der Waals surface area contributed by atoms with Gasteiger partial charge >= 0.3 is 0 Å². The molecule has 2 unspecified atom stereocenters. The normalized spacial score (nSPS) is 27.2. The van der Waals surface area contributed by atoms with Crippen LogP contribution in [0.2, 0.25) is 0 Å². The van der Waals surface area contributed by atoms with Crippen LogP contribution in [0.4, 0.5) is 0 Å². The Hall–Kier alpha value is -1.88. The second-order valence-electron chi connectivity index (χ2n) is 7.58. The van der Waals surface area contributed by atoms with Crippen molar-refractivity contribution in [2.75, 3.05) is 6.54 Å². The smallest absolute Gasteiger partial charge is 0.245 e. The number of amides is 2. The van der Waals surface area contributed by atoms with Gasteiger partial charge in [-0.15, -0.1) is 0 Å². The van der Waals surface area contributed by atoms with Crippen molar-refractivity contribution < 1.29 is 9.59 Å². The summed E-state index contributed by atoms with van der Waals surface area (Å²) in [6, 6.07) is 8.03. The monoisotopic (exact) mass is 341 g/mol. The Balaban J connectivity index is 1.35.